The Morgan fingerprint density at radius 1 is 1.53 bits per heavy atom. The van der Waals surface area contributed by atoms with Crippen molar-refractivity contribution in [1.82, 2.24) is 0 Å². The molecule has 0 aliphatic heterocycles. The molecule has 0 saturated heterocycles. The van der Waals surface area contributed by atoms with Crippen molar-refractivity contribution in [3.05, 3.63) is 28.3 Å². The van der Waals surface area contributed by atoms with Crippen LogP contribution in [-0.4, -0.2) is 23.6 Å². The fraction of sp³-hybridized carbons (Fsp3) is 0.538. The van der Waals surface area contributed by atoms with Gasteiger partial charge in [0.25, 0.3) is 0 Å². The molecule has 1 saturated carbocycles. The standard InChI is InChI=1S/C13H19N3O3/c1-2-19-11-6-3-5-10(12(11)16(17)18)15-9-13(14)7-4-8-13/h3,5-6,15H,2,4,7-9,14H2,1H3. The second-order valence-corrected chi connectivity index (χ2v) is 4.91. The first-order chi connectivity index (χ1) is 9.06. The third-order valence-corrected chi connectivity index (χ3v) is 3.46. The molecule has 0 radical (unpaired) electrons. The van der Waals surface area contributed by atoms with Gasteiger partial charge in [0, 0.05) is 12.1 Å². The number of hydrogen-bond donors (Lipinski definition) is 2. The normalized spacial score (nSPS) is 16.5. The van der Waals surface area contributed by atoms with E-state index in [-0.39, 0.29) is 17.0 Å². The van der Waals surface area contributed by atoms with Crippen molar-refractivity contribution in [2.75, 3.05) is 18.5 Å². The third-order valence-electron chi connectivity index (χ3n) is 3.46. The maximum atomic E-state index is 11.2. The van der Waals surface area contributed by atoms with Gasteiger partial charge in [0.1, 0.15) is 5.69 Å². The van der Waals surface area contributed by atoms with Gasteiger partial charge in [-0.2, -0.15) is 0 Å². The van der Waals surface area contributed by atoms with Crippen LogP contribution >= 0.6 is 0 Å². The molecule has 1 fully saturated rings. The third kappa shape index (κ3) is 2.96. The van der Waals surface area contributed by atoms with E-state index in [4.69, 9.17) is 10.5 Å². The number of nitro groups is 1. The molecular formula is C13H19N3O3. The first kappa shape index (κ1) is 13.6. The van der Waals surface area contributed by atoms with Crippen molar-refractivity contribution in [1.29, 1.82) is 0 Å². The average Bonchev–Trinajstić information content (AvgIpc) is 2.34. The molecule has 3 N–H and O–H groups in total. The van der Waals surface area contributed by atoms with Crippen molar-refractivity contribution >= 4 is 11.4 Å². The average molecular weight is 265 g/mol. The van der Waals surface area contributed by atoms with Crippen LogP contribution in [0.4, 0.5) is 11.4 Å². The van der Waals surface area contributed by atoms with Gasteiger partial charge in [-0.25, -0.2) is 0 Å². The Kier molecular flexibility index (Phi) is 3.90. The topological polar surface area (TPSA) is 90.4 Å². The summed E-state index contributed by atoms with van der Waals surface area (Å²) < 4.78 is 5.30. The van der Waals surface area contributed by atoms with Gasteiger partial charge in [0.15, 0.2) is 5.75 Å². The van der Waals surface area contributed by atoms with Gasteiger partial charge in [-0.05, 0) is 38.3 Å². The minimum Gasteiger partial charge on any atom is -0.487 e. The molecule has 0 amide bonds. The molecular weight excluding hydrogens is 246 g/mol. The van der Waals surface area contributed by atoms with Gasteiger partial charge in [0.05, 0.1) is 11.5 Å². The molecule has 0 aromatic heterocycles. The number of rotatable bonds is 6. The maximum absolute atomic E-state index is 11.2. The monoisotopic (exact) mass is 265 g/mol. The number of para-hydroxylation sites is 1. The van der Waals surface area contributed by atoms with Crippen LogP contribution in [0.25, 0.3) is 0 Å². The molecule has 6 nitrogen and oxygen atoms in total. The van der Waals surface area contributed by atoms with E-state index in [0.29, 0.717) is 18.8 Å². The Balaban J connectivity index is 2.18. The fourth-order valence-corrected chi connectivity index (χ4v) is 2.20. The Morgan fingerprint density at radius 3 is 2.79 bits per heavy atom. The Morgan fingerprint density at radius 2 is 2.26 bits per heavy atom. The minimum absolute atomic E-state index is 0.0210. The zero-order chi connectivity index (χ0) is 13.9. The van der Waals surface area contributed by atoms with E-state index in [1.807, 2.05) is 0 Å². The van der Waals surface area contributed by atoms with Crippen molar-refractivity contribution in [3.8, 4) is 5.75 Å². The molecule has 104 valence electrons. The largest absolute Gasteiger partial charge is 0.487 e. The van der Waals surface area contributed by atoms with Crippen LogP contribution in [0.1, 0.15) is 26.2 Å². The second-order valence-electron chi connectivity index (χ2n) is 4.91. The highest BCUT2D eigenvalue weighted by Gasteiger charge is 2.33. The van der Waals surface area contributed by atoms with Crippen molar-refractivity contribution in [2.45, 2.75) is 31.7 Å². The van der Waals surface area contributed by atoms with Crippen molar-refractivity contribution < 1.29 is 9.66 Å². The van der Waals surface area contributed by atoms with Crippen molar-refractivity contribution in [3.63, 3.8) is 0 Å². The SMILES string of the molecule is CCOc1cccc(NCC2(N)CCC2)c1[N+](=O)[O-]. The molecule has 1 aromatic carbocycles. The number of benzene rings is 1. The van der Waals surface area contributed by atoms with Crippen LogP contribution in [-0.2, 0) is 0 Å². The number of ether oxygens (including phenoxy) is 1. The molecule has 19 heavy (non-hydrogen) atoms. The lowest BCUT2D eigenvalue weighted by molar-refractivity contribution is -0.384. The summed E-state index contributed by atoms with van der Waals surface area (Å²) in [7, 11) is 0. The Hall–Kier alpha value is -1.82. The lowest BCUT2D eigenvalue weighted by Crippen LogP contribution is -2.52. The molecule has 1 aromatic rings. The molecule has 6 heteroatoms. The smallest absolute Gasteiger partial charge is 0.333 e. The van der Waals surface area contributed by atoms with E-state index in [0.717, 1.165) is 19.3 Å². The summed E-state index contributed by atoms with van der Waals surface area (Å²) in [4.78, 5) is 10.8. The number of nitrogens with two attached hydrogens (primary N) is 1. The lowest BCUT2D eigenvalue weighted by atomic mass is 9.78. The maximum Gasteiger partial charge on any atom is 0.333 e. The molecule has 0 spiro atoms. The highest BCUT2D eigenvalue weighted by Crippen LogP contribution is 2.36. The number of nitrogens with zero attached hydrogens (tertiary/aromatic N) is 1. The molecule has 1 aliphatic carbocycles. The summed E-state index contributed by atoms with van der Waals surface area (Å²) in [6.45, 7) is 2.74. The molecule has 1 aliphatic rings. The molecule has 0 heterocycles. The Labute approximate surface area is 112 Å². The summed E-state index contributed by atoms with van der Waals surface area (Å²) in [6, 6.07) is 5.03. The quantitative estimate of drug-likeness (QED) is 0.608. The first-order valence-electron chi connectivity index (χ1n) is 6.49. The number of nitro benzene ring substituents is 1. The zero-order valence-corrected chi connectivity index (χ0v) is 11.0. The second kappa shape index (κ2) is 5.44. The van der Waals surface area contributed by atoms with Gasteiger partial charge >= 0.3 is 5.69 Å². The zero-order valence-electron chi connectivity index (χ0n) is 11.0. The van der Waals surface area contributed by atoms with Crippen LogP contribution < -0.4 is 15.8 Å². The van der Waals surface area contributed by atoms with Gasteiger partial charge in [-0.3, -0.25) is 10.1 Å². The highest BCUT2D eigenvalue weighted by atomic mass is 16.6. The summed E-state index contributed by atoms with van der Waals surface area (Å²) in [5.74, 6) is 0.289. The van der Waals surface area contributed by atoms with Crippen LogP contribution in [0.3, 0.4) is 0 Å². The summed E-state index contributed by atoms with van der Waals surface area (Å²) in [6.07, 6.45) is 3.04. The predicted octanol–water partition coefficient (Wildman–Crippen LogP) is 2.29. The molecule has 2 rings (SSSR count). The van der Waals surface area contributed by atoms with Crippen LogP contribution in [0.15, 0.2) is 18.2 Å². The van der Waals surface area contributed by atoms with Crippen molar-refractivity contribution in [2.24, 2.45) is 5.73 Å². The van der Waals surface area contributed by atoms with Crippen LogP contribution in [0.5, 0.6) is 5.75 Å². The van der Waals surface area contributed by atoms with Gasteiger partial charge < -0.3 is 15.8 Å². The van der Waals surface area contributed by atoms with Gasteiger partial charge in [-0.1, -0.05) is 6.07 Å². The minimum atomic E-state index is -0.419. The fourth-order valence-electron chi connectivity index (χ4n) is 2.20. The lowest BCUT2D eigenvalue weighted by Gasteiger charge is -2.38. The highest BCUT2D eigenvalue weighted by molar-refractivity contribution is 5.68. The Bertz CT molecular complexity index is 472. The summed E-state index contributed by atoms with van der Waals surface area (Å²) in [5, 5.41) is 14.3. The van der Waals surface area contributed by atoms with E-state index < -0.39 is 4.92 Å². The molecule has 0 bridgehead atoms. The van der Waals surface area contributed by atoms with E-state index >= 15 is 0 Å². The van der Waals surface area contributed by atoms with Crippen LogP contribution in [0.2, 0.25) is 0 Å². The van der Waals surface area contributed by atoms with E-state index in [9.17, 15) is 10.1 Å². The summed E-state index contributed by atoms with van der Waals surface area (Å²) >= 11 is 0. The van der Waals surface area contributed by atoms with Gasteiger partial charge in [0.2, 0.25) is 0 Å². The number of anilines is 1. The van der Waals surface area contributed by atoms with Crippen LogP contribution in [0, 0.1) is 10.1 Å². The molecule has 0 unspecified atom stereocenters. The summed E-state index contributed by atoms with van der Waals surface area (Å²) in [5.41, 5.74) is 6.33. The molecule has 0 atom stereocenters. The van der Waals surface area contributed by atoms with E-state index in [2.05, 4.69) is 5.32 Å². The first-order valence-corrected chi connectivity index (χ1v) is 6.49. The number of hydrogen-bond acceptors (Lipinski definition) is 5. The predicted molar refractivity (Wildman–Crippen MR) is 73.5 cm³/mol. The van der Waals surface area contributed by atoms with E-state index in [1.54, 1.807) is 25.1 Å². The van der Waals surface area contributed by atoms with Gasteiger partial charge in [-0.15, -0.1) is 0 Å². The van der Waals surface area contributed by atoms with E-state index in [1.165, 1.54) is 0 Å². The number of nitrogens with one attached hydrogen (secondary N) is 1.